The first-order valence-electron chi connectivity index (χ1n) is 7.57. The number of allylic oxidation sites excluding steroid dienone is 4. The zero-order valence-electron chi connectivity index (χ0n) is 15.7. The fourth-order valence-corrected chi connectivity index (χ4v) is 2.02. The van der Waals surface area contributed by atoms with Crippen LogP contribution in [0.3, 0.4) is 0 Å². The Bertz CT molecular complexity index is 913. The molecule has 0 bridgehead atoms. The Hall–Kier alpha value is -2.78. The minimum Gasteiger partial charge on any atom is -0.447 e. The van der Waals surface area contributed by atoms with Gasteiger partial charge in [0.2, 0.25) is 23.2 Å². The average Bonchev–Trinajstić information content (AvgIpc) is 2.69. The highest BCUT2D eigenvalue weighted by Gasteiger charge is 2.82. The van der Waals surface area contributed by atoms with Gasteiger partial charge in [-0.25, -0.2) is 8.78 Å². The Balaban J connectivity index is 7.85. The van der Waals surface area contributed by atoms with Crippen LogP contribution >= 0.6 is 0 Å². The lowest BCUT2D eigenvalue weighted by atomic mass is 9.91. The zero-order valence-corrected chi connectivity index (χ0v) is 15.7. The van der Waals surface area contributed by atoms with Gasteiger partial charge in [0.15, 0.2) is 0 Å². The van der Waals surface area contributed by atoms with Crippen LogP contribution in [0.15, 0.2) is 47.5 Å². The van der Waals surface area contributed by atoms with E-state index in [1.54, 1.807) is 0 Å². The molecule has 0 aromatic carbocycles. The van der Waals surface area contributed by atoms with E-state index in [-0.39, 0.29) is 0 Å². The van der Waals surface area contributed by atoms with Crippen molar-refractivity contribution in [3.8, 4) is 0 Å². The highest BCUT2D eigenvalue weighted by Crippen LogP contribution is 2.59. The fourth-order valence-electron chi connectivity index (χ4n) is 2.02. The van der Waals surface area contributed by atoms with E-state index >= 15 is 0 Å². The van der Waals surface area contributed by atoms with Gasteiger partial charge in [0.05, 0.1) is 0 Å². The van der Waals surface area contributed by atoms with Gasteiger partial charge in [-0.15, -0.1) is 0 Å². The van der Waals surface area contributed by atoms with Crippen LogP contribution in [-0.2, 0) is 4.74 Å². The first-order chi connectivity index (χ1) is 16.1. The number of rotatable bonds is 8. The molecule has 0 aliphatic heterocycles. The molecule has 0 saturated carbocycles. The second-order valence-corrected chi connectivity index (χ2v) is 5.89. The van der Waals surface area contributed by atoms with E-state index in [9.17, 15) is 96.6 Å². The first kappa shape index (κ1) is 34.2. The predicted molar refractivity (Wildman–Crippen MR) is 70.0 cm³/mol. The summed E-state index contributed by atoms with van der Waals surface area (Å²) in [7, 11) is 0. The number of ether oxygens (including phenoxy) is 1. The van der Waals surface area contributed by atoms with Gasteiger partial charge < -0.3 is 4.74 Å². The third-order valence-electron chi connectivity index (χ3n) is 3.70. The molecule has 0 N–H and O–H groups in total. The predicted octanol–water partition coefficient (Wildman–Crippen LogP) is 9.19. The summed E-state index contributed by atoms with van der Waals surface area (Å²) in [6, 6.07) is 0. The van der Waals surface area contributed by atoms with Gasteiger partial charge in [0, 0.05) is 0 Å². The molecule has 0 heterocycles. The van der Waals surface area contributed by atoms with E-state index < -0.39 is 83.0 Å². The summed E-state index contributed by atoms with van der Waals surface area (Å²) in [5.74, 6) is -36.0. The van der Waals surface area contributed by atoms with Crippen molar-refractivity contribution in [2.75, 3.05) is 0 Å². The van der Waals surface area contributed by atoms with E-state index in [1.807, 2.05) is 4.74 Å². The van der Waals surface area contributed by atoms with Crippen molar-refractivity contribution in [3.05, 3.63) is 47.5 Å². The van der Waals surface area contributed by atoms with Crippen molar-refractivity contribution < 1.29 is 101 Å². The Labute approximate surface area is 185 Å². The summed E-state index contributed by atoms with van der Waals surface area (Å²) in [6.07, 6.45) is -35.6. The molecular weight excluding hydrogens is 602 g/mol. The van der Waals surface area contributed by atoms with Gasteiger partial charge >= 0.3 is 59.9 Å². The molecule has 0 spiro atoms. The van der Waals surface area contributed by atoms with Gasteiger partial charge in [0.1, 0.15) is 0 Å². The molecule has 0 aromatic heterocycles. The van der Waals surface area contributed by atoms with E-state index in [0.29, 0.717) is 0 Å². The van der Waals surface area contributed by atoms with Gasteiger partial charge in [-0.3, -0.25) is 0 Å². The van der Waals surface area contributed by atoms with Crippen LogP contribution in [0.4, 0.5) is 96.6 Å². The van der Waals surface area contributed by atoms with E-state index in [2.05, 4.69) is 0 Å². The van der Waals surface area contributed by atoms with Crippen LogP contribution in [0, 0.1) is 0 Å². The fraction of sp³-hybridized carbons (Fsp3) is 0.429. The molecule has 0 fully saturated rings. The van der Waals surface area contributed by atoms with Crippen molar-refractivity contribution in [2.24, 2.45) is 0 Å². The standard InChI is InChI=1S/C14F22O/c15-1(5(17)18)11(27,28)9(25,13(31,32)33)3(7(21)22)37-4(8(23)24)10(26,14(34,35)36)12(29,30)2(16)6(19)20. The van der Waals surface area contributed by atoms with Crippen molar-refractivity contribution in [1.29, 1.82) is 0 Å². The van der Waals surface area contributed by atoms with E-state index in [4.69, 9.17) is 0 Å². The first-order valence-corrected chi connectivity index (χ1v) is 7.57. The molecular formula is C14F22O. The SMILES string of the molecule is FC(F)=C(F)C(F)(F)C(F)(C(OC(=C(F)F)C(F)(C(F)(F)F)C(F)(F)C(F)=C(F)F)=C(F)F)C(F)(F)F. The Morgan fingerprint density at radius 1 is 0.351 bits per heavy atom. The van der Waals surface area contributed by atoms with Gasteiger partial charge in [-0.2, -0.15) is 87.8 Å². The molecule has 2 atom stereocenters. The summed E-state index contributed by atoms with van der Waals surface area (Å²) in [6.45, 7) is 0. The number of hydrogen-bond acceptors (Lipinski definition) is 1. The molecule has 23 heteroatoms. The van der Waals surface area contributed by atoms with Crippen molar-refractivity contribution in [2.45, 2.75) is 35.5 Å². The van der Waals surface area contributed by atoms with Crippen LogP contribution in [-0.4, -0.2) is 35.5 Å². The lowest BCUT2D eigenvalue weighted by molar-refractivity contribution is -0.305. The maximum atomic E-state index is 14.3. The highest BCUT2D eigenvalue weighted by atomic mass is 19.4. The van der Waals surface area contributed by atoms with Gasteiger partial charge in [0.25, 0.3) is 0 Å². The summed E-state index contributed by atoms with van der Waals surface area (Å²) in [5.41, 5.74) is -16.1. The van der Waals surface area contributed by atoms with Gasteiger partial charge in [-0.05, 0) is 0 Å². The highest BCUT2D eigenvalue weighted by molar-refractivity contribution is 5.34. The van der Waals surface area contributed by atoms with E-state index in [1.165, 1.54) is 0 Å². The number of alkyl halides is 12. The van der Waals surface area contributed by atoms with Crippen molar-refractivity contribution >= 4 is 0 Å². The summed E-state index contributed by atoms with van der Waals surface area (Å²) < 4.78 is 288. The minimum atomic E-state index is -8.05. The molecule has 0 aliphatic carbocycles. The summed E-state index contributed by atoms with van der Waals surface area (Å²) >= 11 is 0. The molecule has 216 valence electrons. The van der Waals surface area contributed by atoms with Crippen molar-refractivity contribution in [3.63, 3.8) is 0 Å². The molecule has 0 aliphatic rings. The van der Waals surface area contributed by atoms with E-state index in [0.717, 1.165) is 0 Å². The quantitative estimate of drug-likeness (QED) is 0.199. The minimum absolute atomic E-state index is 2.03. The summed E-state index contributed by atoms with van der Waals surface area (Å²) in [5, 5.41) is 0. The molecule has 1 nitrogen and oxygen atoms in total. The molecule has 37 heavy (non-hydrogen) atoms. The Morgan fingerprint density at radius 2 is 0.568 bits per heavy atom. The van der Waals surface area contributed by atoms with Crippen LogP contribution in [0.25, 0.3) is 0 Å². The number of halogens is 22. The maximum absolute atomic E-state index is 14.3. The lowest BCUT2D eigenvalue weighted by Gasteiger charge is -2.37. The second-order valence-electron chi connectivity index (χ2n) is 5.89. The van der Waals surface area contributed by atoms with Crippen LogP contribution < -0.4 is 0 Å². The molecule has 0 aromatic rings. The normalized spacial score (nSPS) is 16.3. The largest absolute Gasteiger partial charge is 0.447 e. The Kier molecular flexibility index (Phi) is 9.41. The van der Waals surface area contributed by atoms with Crippen LogP contribution in [0.2, 0.25) is 0 Å². The third kappa shape index (κ3) is 5.43. The Morgan fingerprint density at radius 3 is 0.703 bits per heavy atom. The molecule has 0 saturated heterocycles. The van der Waals surface area contributed by atoms with Crippen LogP contribution in [0.5, 0.6) is 0 Å². The zero-order chi connectivity index (χ0) is 30.3. The molecule has 0 radical (unpaired) electrons. The number of hydrogen-bond donors (Lipinski definition) is 0. The smallest absolute Gasteiger partial charge is 0.436 e. The van der Waals surface area contributed by atoms with Crippen molar-refractivity contribution in [1.82, 2.24) is 0 Å². The average molecular weight is 602 g/mol. The van der Waals surface area contributed by atoms with Gasteiger partial charge in [-0.1, -0.05) is 0 Å². The van der Waals surface area contributed by atoms with Crippen LogP contribution in [0.1, 0.15) is 0 Å². The molecule has 0 amide bonds. The summed E-state index contributed by atoms with van der Waals surface area (Å²) in [4.78, 5) is 0. The topological polar surface area (TPSA) is 9.23 Å². The lowest BCUT2D eigenvalue weighted by Crippen LogP contribution is -2.60. The maximum Gasteiger partial charge on any atom is 0.436 e. The monoisotopic (exact) mass is 602 g/mol. The third-order valence-corrected chi connectivity index (χ3v) is 3.70. The molecule has 0 rings (SSSR count). The molecule has 2 unspecified atom stereocenters. The second kappa shape index (κ2) is 10.2.